The molecule has 91 valence electrons. The van der Waals surface area contributed by atoms with Gasteiger partial charge < -0.3 is 5.32 Å². The van der Waals surface area contributed by atoms with Crippen LogP contribution in [0.3, 0.4) is 0 Å². The Morgan fingerprint density at radius 2 is 2.06 bits per heavy atom. The van der Waals surface area contributed by atoms with Crippen LogP contribution >= 0.6 is 0 Å². The summed E-state index contributed by atoms with van der Waals surface area (Å²) in [5.41, 5.74) is 2.22. The van der Waals surface area contributed by atoms with E-state index in [-0.39, 0.29) is 0 Å². The fourth-order valence-corrected chi connectivity index (χ4v) is 2.12. The molecule has 0 amide bonds. The van der Waals surface area contributed by atoms with Crippen LogP contribution in [0.1, 0.15) is 24.8 Å². The average Bonchev–Trinajstić information content (AvgIpc) is 2.39. The molecule has 0 bridgehead atoms. The normalized spacial score (nSPS) is 15.3. The molecule has 1 aliphatic rings. The molecule has 18 heavy (non-hydrogen) atoms. The second-order valence-electron chi connectivity index (χ2n) is 4.64. The van der Waals surface area contributed by atoms with Crippen LogP contribution in [-0.4, -0.2) is 16.0 Å². The van der Waals surface area contributed by atoms with E-state index in [1.165, 1.54) is 19.3 Å². The lowest BCUT2D eigenvalue weighted by Crippen LogP contribution is -2.34. The topological polar surface area (TPSA) is 37.8 Å². The molecule has 0 unspecified atom stereocenters. The lowest BCUT2D eigenvalue weighted by atomic mass is 9.93. The summed E-state index contributed by atoms with van der Waals surface area (Å²) in [5, 5.41) is 3.56. The fourth-order valence-electron chi connectivity index (χ4n) is 2.12. The van der Waals surface area contributed by atoms with E-state index < -0.39 is 0 Å². The molecule has 0 aliphatic heterocycles. The maximum atomic E-state index is 4.31. The highest BCUT2D eigenvalue weighted by Crippen LogP contribution is 2.22. The van der Waals surface area contributed by atoms with Gasteiger partial charge in [0, 0.05) is 30.5 Å². The Bertz CT molecular complexity index is 506. The first-order valence-electron chi connectivity index (χ1n) is 6.44. The highest BCUT2D eigenvalue weighted by Gasteiger charge is 2.17. The Labute approximate surface area is 107 Å². The third-order valence-electron chi connectivity index (χ3n) is 3.42. The Kier molecular flexibility index (Phi) is 3.33. The highest BCUT2D eigenvalue weighted by molar-refractivity contribution is 5.59. The van der Waals surface area contributed by atoms with Gasteiger partial charge in [0.05, 0.1) is 0 Å². The zero-order chi connectivity index (χ0) is 12.2. The van der Waals surface area contributed by atoms with E-state index in [1.807, 2.05) is 18.2 Å². The zero-order valence-corrected chi connectivity index (χ0v) is 10.3. The van der Waals surface area contributed by atoms with Gasteiger partial charge in [-0.25, -0.2) is 9.97 Å². The van der Waals surface area contributed by atoms with Crippen LogP contribution in [-0.2, 0) is 6.54 Å². The lowest BCUT2D eigenvalue weighted by Gasteiger charge is -2.26. The number of hydrogen-bond acceptors (Lipinski definition) is 3. The number of hydrogen-bond donors (Lipinski definition) is 1. The summed E-state index contributed by atoms with van der Waals surface area (Å²) in [6.07, 6.45) is 7.50. The molecule has 3 heteroatoms. The van der Waals surface area contributed by atoms with Crippen molar-refractivity contribution in [3.05, 3.63) is 48.3 Å². The van der Waals surface area contributed by atoms with Crippen LogP contribution in [0.5, 0.6) is 0 Å². The van der Waals surface area contributed by atoms with Gasteiger partial charge in [-0.1, -0.05) is 24.6 Å². The van der Waals surface area contributed by atoms with Gasteiger partial charge in [0.1, 0.15) is 0 Å². The Balaban J connectivity index is 1.80. The second kappa shape index (κ2) is 5.27. The predicted molar refractivity (Wildman–Crippen MR) is 70.8 cm³/mol. The molecule has 1 aromatic carbocycles. The number of nitrogens with one attached hydrogen (secondary N) is 1. The maximum absolute atomic E-state index is 4.31. The molecule has 1 heterocycles. The Morgan fingerprint density at radius 3 is 2.78 bits per heavy atom. The van der Waals surface area contributed by atoms with Crippen LogP contribution in [0.25, 0.3) is 11.4 Å². The van der Waals surface area contributed by atoms with Crippen molar-refractivity contribution in [3.63, 3.8) is 0 Å². The molecule has 1 aliphatic carbocycles. The van der Waals surface area contributed by atoms with E-state index in [9.17, 15) is 0 Å². The maximum Gasteiger partial charge on any atom is 0.159 e. The SMILES string of the molecule is [c]1cccc(-c2ncccn2)c1CNC1CCC1. The summed E-state index contributed by atoms with van der Waals surface area (Å²) in [5.74, 6) is 0.778. The summed E-state index contributed by atoms with van der Waals surface area (Å²) < 4.78 is 0. The van der Waals surface area contributed by atoms with Gasteiger partial charge in [-0.15, -0.1) is 0 Å². The number of benzene rings is 1. The van der Waals surface area contributed by atoms with Crippen molar-refractivity contribution in [1.29, 1.82) is 0 Å². The van der Waals surface area contributed by atoms with E-state index >= 15 is 0 Å². The van der Waals surface area contributed by atoms with Gasteiger partial charge in [-0.3, -0.25) is 0 Å². The van der Waals surface area contributed by atoms with Crippen molar-refractivity contribution in [3.8, 4) is 11.4 Å². The minimum absolute atomic E-state index is 0.683. The largest absolute Gasteiger partial charge is 0.310 e. The molecule has 0 atom stereocenters. The van der Waals surface area contributed by atoms with Gasteiger partial charge in [0.25, 0.3) is 0 Å². The quantitative estimate of drug-likeness (QED) is 0.889. The van der Waals surface area contributed by atoms with Crippen LogP contribution in [0, 0.1) is 6.07 Å². The molecular formula is C15H16N3. The van der Waals surface area contributed by atoms with Crippen LogP contribution in [0.2, 0.25) is 0 Å². The third kappa shape index (κ3) is 2.41. The van der Waals surface area contributed by atoms with Crippen LogP contribution < -0.4 is 5.32 Å². The molecule has 0 saturated heterocycles. The van der Waals surface area contributed by atoms with Crippen molar-refractivity contribution >= 4 is 0 Å². The first-order chi connectivity index (χ1) is 8.93. The first-order valence-corrected chi connectivity index (χ1v) is 6.44. The predicted octanol–water partition coefficient (Wildman–Crippen LogP) is 2.59. The fraction of sp³-hybridized carbons (Fsp3) is 0.333. The monoisotopic (exact) mass is 238 g/mol. The molecule has 1 aromatic heterocycles. The van der Waals surface area contributed by atoms with Gasteiger partial charge >= 0.3 is 0 Å². The van der Waals surface area contributed by atoms with E-state index in [0.29, 0.717) is 6.04 Å². The standard InChI is InChI=1S/C15H16N3/c1-2-8-14(15-16-9-4-10-17-15)12(5-1)11-18-13-6-3-7-13/h1-2,4,8-10,13,18H,3,6-7,11H2. The average molecular weight is 238 g/mol. The Hall–Kier alpha value is -1.74. The smallest absolute Gasteiger partial charge is 0.159 e. The summed E-state index contributed by atoms with van der Waals surface area (Å²) in [6, 6.07) is 11.8. The second-order valence-corrected chi connectivity index (χ2v) is 4.64. The van der Waals surface area contributed by atoms with Gasteiger partial charge in [0.2, 0.25) is 0 Å². The zero-order valence-electron chi connectivity index (χ0n) is 10.3. The van der Waals surface area contributed by atoms with Crippen molar-refractivity contribution in [2.75, 3.05) is 0 Å². The molecular weight excluding hydrogens is 222 g/mol. The molecule has 1 N–H and O–H groups in total. The number of nitrogens with zero attached hydrogens (tertiary/aromatic N) is 2. The van der Waals surface area contributed by atoms with Crippen molar-refractivity contribution in [1.82, 2.24) is 15.3 Å². The number of rotatable bonds is 4. The van der Waals surface area contributed by atoms with Crippen molar-refractivity contribution in [2.45, 2.75) is 31.8 Å². The van der Waals surface area contributed by atoms with Gasteiger partial charge in [0.15, 0.2) is 5.82 Å². The molecule has 3 rings (SSSR count). The summed E-state index contributed by atoms with van der Waals surface area (Å²) >= 11 is 0. The molecule has 1 saturated carbocycles. The Morgan fingerprint density at radius 1 is 1.22 bits per heavy atom. The van der Waals surface area contributed by atoms with Crippen LogP contribution in [0.4, 0.5) is 0 Å². The van der Waals surface area contributed by atoms with Crippen molar-refractivity contribution < 1.29 is 0 Å². The van der Waals surface area contributed by atoms with Crippen LogP contribution in [0.15, 0.2) is 36.7 Å². The third-order valence-corrected chi connectivity index (χ3v) is 3.42. The van der Waals surface area contributed by atoms with Crippen molar-refractivity contribution in [2.24, 2.45) is 0 Å². The number of aromatic nitrogens is 2. The van der Waals surface area contributed by atoms with E-state index in [2.05, 4.69) is 27.4 Å². The molecule has 2 aromatic rings. The summed E-state index contributed by atoms with van der Waals surface area (Å²) in [6.45, 7) is 0.846. The molecule has 3 nitrogen and oxygen atoms in total. The first kappa shape index (κ1) is 11.4. The van der Waals surface area contributed by atoms with E-state index in [4.69, 9.17) is 0 Å². The summed E-state index contributed by atoms with van der Waals surface area (Å²) in [4.78, 5) is 8.62. The lowest BCUT2D eigenvalue weighted by molar-refractivity contribution is 0.338. The van der Waals surface area contributed by atoms with Gasteiger partial charge in [-0.05, 0) is 30.5 Å². The molecule has 1 radical (unpaired) electrons. The van der Waals surface area contributed by atoms with E-state index in [1.54, 1.807) is 12.4 Å². The van der Waals surface area contributed by atoms with Gasteiger partial charge in [-0.2, -0.15) is 0 Å². The van der Waals surface area contributed by atoms with E-state index in [0.717, 1.165) is 23.5 Å². The minimum Gasteiger partial charge on any atom is -0.310 e. The summed E-state index contributed by atoms with van der Waals surface area (Å²) in [7, 11) is 0. The minimum atomic E-state index is 0.683. The molecule has 1 fully saturated rings. The highest BCUT2D eigenvalue weighted by atomic mass is 14.9. The molecule has 0 spiro atoms.